The average molecular weight is 274 g/mol. The first kappa shape index (κ1) is 12.7. The van der Waals surface area contributed by atoms with Crippen LogP contribution in [0.5, 0.6) is 0 Å². The number of fused-ring (bicyclic) bond motifs is 1. The van der Waals surface area contributed by atoms with E-state index < -0.39 is 12.0 Å². The van der Waals surface area contributed by atoms with Crippen LogP contribution in [0.4, 0.5) is 13.2 Å². The molecule has 0 fully saturated rings. The minimum Gasteiger partial charge on any atom is -0.319 e. The van der Waals surface area contributed by atoms with Crippen molar-refractivity contribution >= 4 is 22.6 Å². The largest absolute Gasteiger partial charge is 0.449 e. The summed E-state index contributed by atoms with van der Waals surface area (Å²) in [6.07, 6.45) is -4.58. The topological polar surface area (TPSA) is 41.6 Å². The third-order valence-corrected chi connectivity index (χ3v) is 2.65. The van der Waals surface area contributed by atoms with Crippen LogP contribution in [0.15, 0.2) is 18.2 Å². The van der Waals surface area contributed by atoms with Gasteiger partial charge in [0, 0.05) is 11.6 Å². The Morgan fingerprint density at radius 1 is 1.39 bits per heavy atom. The van der Waals surface area contributed by atoms with Gasteiger partial charge in [-0.3, -0.25) is 0 Å². The van der Waals surface area contributed by atoms with Crippen LogP contribution in [0, 0.1) is 11.3 Å². The number of halogens is 4. The summed E-state index contributed by atoms with van der Waals surface area (Å²) >= 11 is 5.76. The molecule has 3 nitrogen and oxygen atoms in total. The molecule has 2 aromatic rings. The van der Waals surface area contributed by atoms with Crippen molar-refractivity contribution in [3.05, 3.63) is 29.0 Å². The first-order chi connectivity index (χ1) is 8.43. The molecule has 0 spiro atoms. The maximum atomic E-state index is 12.8. The Labute approximate surface area is 105 Å². The first-order valence-electron chi connectivity index (χ1n) is 5.03. The van der Waals surface area contributed by atoms with Crippen LogP contribution in [0.2, 0.25) is 5.02 Å². The van der Waals surface area contributed by atoms with Crippen molar-refractivity contribution in [2.45, 2.75) is 19.1 Å². The van der Waals surface area contributed by atoms with Crippen molar-refractivity contribution in [3.8, 4) is 6.07 Å². The van der Waals surface area contributed by atoms with Crippen LogP contribution in [0.25, 0.3) is 11.0 Å². The van der Waals surface area contributed by atoms with E-state index in [1.807, 2.05) is 6.07 Å². The Kier molecular flexibility index (Phi) is 3.18. The van der Waals surface area contributed by atoms with Gasteiger partial charge in [-0.2, -0.15) is 18.4 Å². The molecule has 0 aliphatic rings. The Bertz CT molecular complexity index is 625. The molecule has 0 N–H and O–H groups in total. The normalized spacial score (nSPS) is 11.7. The predicted octanol–water partition coefficient (Wildman–Crippen LogP) is 3.62. The Balaban J connectivity index is 2.66. The highest BCUT2D eigenvalue weighted by Gasteiger charge is 2.37. The zero-order valence-electron chi connectivity index (χ0n) is 9.00. The second kappa shape index (κ2) is 4.50. The van der Waals surface area contributed by atoms with Crippen LogP contribution in [-0.4, -0.2) is 9.55 Å². The van der Waals surface area contributed by atoms with Gasteiger partial charge in [-0.15, -0.1) is 0 Å². The molecule has 0 bridgehead atoms. The van der Waals surface area contributed by atoms with Gasteiger partial charge in [-0.25, -0.2) is 4.98 Å². The van der Waals surface area contributed by atoms with Crippen molar-refractivity contribution in [3.63, 3.8) is 0 Å². The van der Waals surface area contributed by atoms with E-state index in [4.69, 9.17) is 16.9 Å². The molecule has 0 unspecified atom stereocenters. The minimum absolute atomic E-state index is 0.0267. The fourth-order valence-corrected chi connectivity index (χ4v) is 1.87. The number of benzene rings is 1. The number of hydrogen-bond acceptors (Lipinski definition) is 2. The standard InChI is InChI=1S/C11H7ClF3N3/c12-7-2-3-8-9(6-7)18(5-1-4-16)10(17-8)11(13,14)15/h2-3,6H,1,5H2. The SMILES string of the molecule is N#CCCn1c(C(F)(F)F)nc2ccc(Cl)cc21. The van der Waals surface area contributed by atoms with Crippen LogP contribution in [-0.2, 0) is 12.7 Å². The van der Waals surface area contributed by atoms with E-state index in [9.17, 15) is 13.2 Å². The maximum Gasteiger partial charge on any atom is 0.449 e. The Hall–Kier alpha value is -1.74. The first-order valence-corrected chi connectivity index (χ1v) is 5.41. The maximum absolute atomic E-state index is 12.8. The number of aryl methyl sites for hydroxylation is 1. The minimum atomic E-state index is -4.55. The fraction of sp³-hybridized carbons (Fsp3) is 0.273. The van der Waals surface area contributed by atoms with E-state index in [1.54, 1.807) is 0 Å². The summed E-state index contributed by atoms with van der Waals surface area (Å²) in [5, 5.41) is 8.82. The second-order valence-electron chi connectivity index (χ2n) is 3.63. The lowest BCUT2D eigenvalue weighted by atomic mass is 10.3. The molecule has 1 aromatic heterocycles. The van der Waals surface area contributed by atoms with Gasteiger partial charge in [-0.05, 0) is 18.2 Å². The molecule has 0 aliphatic carbocycles. The average Bonchev–Trinajstić information content (AvgIpc) is 2.64. The van der Waals surface area contributed by atoms with Crippen LogP contribution >= 0.6 is 11.6 Å². The predicted molar refractivity (Wildman–Crippen MR) is 60.0 cm³/mol. The van der Waals surface area contributed by atoms with E-state index in [2.05, 4.69) is 4.98 Å². The molecule has 18 heavy (non-hydrogen) atoms. The quantitative estimate of drug-likeness (QED) is 0.838. The van der Waals surface area contributed by atoms with Gasteiger partial charge < -0.3 is 4.57 Å². The van der Waals surface area contributed by atoms with Crippen LogP contribution in [0.1, 0.15) is 12.2 Å². The number of alkyl halides is 3. The Morgan fingerprint density at radius 3 is 2.72 bits per heavy atom. The summed E-state index contributed by atoms with van der Waals surface area (Å²) in [7, 11) is 0. The molecule has 94 valence electrons. The summed E-state index contributed by atoms with van der Waals surface area (Å²) in [6, 6.07) is 6.13. The molecule has 1 aromatic carbocycles. The highest BCUT2D eigenvalue weighted by molar-refractivity contribution is 6.31. The molecule has 0 aliphatic heterocycles. The number of imidazole rings is 1. The number of nitrogens with zero attached hydrogens (tertiary/aromatic N) is 3. The van der Waals surface area contributed by atoms with Gasteiger partial charge in [-0.1, -0.05) is 11.6 Å². The van der Waals surface area contributed by atoms with Crippen molar-refractivity contribution in [1.82, 2.24) is 9.55 Å². The van der Waals surface area contributed by atoms with Gasteiger partial charge in [0.25, 0.3) is 0 Å². The highest BCUT2D eigenvalue weighted by atomic mass is 35.5. The van der Waals surface area contributed by atoms with Crippen LogP contribution in [0.3, 0.4) is 0 Å². The monoisotopic (exact) mass is 273 g/mol. The lowest BCUT2D eigenvalue weighted by Gasteiger charge is -2.09. The molecule has 1 heterocycles. The van der Waals surface area contributed by atoms with Gasteiger partial charge >= 0.3 is 6.18 Å². The third kappa shape index (κ3) is 2.27. The number of aromatic nitrogens is 2. The second-order valence-corrected chi connectivity index (χ2v) is 4.06. The van der Waals surface area contributed by atoms with Gasteiger partial charge in [0.05, 0.1) is 23.5 Å². The van der Waals surface area contributed by atoms with Crippen molar-refractivity contribution < 1.29 is 13.2 Å². The van der Waals surface area contributed by atoms with E-state index in [0.29, 0.717) is 5.02 Å². The molecular weight excluding hydrogens is 267 g/mol. The van der Waals surface area contributed by atoms with Crippen molar-refractivity contribution in [2.75, 3.05) is 0 Å². The third-order valence-electron chi connectivity index (χ3n) is 2.41. The van der Waals surface area contributed by atoms with Gasteiger partial charge in [0.15, 0.2) is 0 Å². The van der Waals surface area contributed by atoms with Crippen LogP contribution < -0.4 is 0 Å². The molecule has 0 radical (unpaired) electrons. The summed E-state index contributed by atoms with van der Waals surface area (Å²) < 4.78 is 39.4. The molecule has 7 heteroatoms. The van der Waals surface area contributed by atoms with Crippen molar-refractivity contribution in [1.29, 1.82) is 5.26 Å². The zero-order chi connectivity index (χ0) is 13.3. The van der Waals surface area contributed by atoms with E-state index in [0.717, 1.165) is 4.57 Å². The molecular formula is C11H7ClF3N3. The smallest absolute Gasteiger partial charge is 0.319 e. The lowest BCUT2D eigenvalue weighted by molar-refractivity contribution is -0.146. The lowest BCUT2D eigenvalue weighted by Crippen LogP contribution is -2.15. The molecule has 2 rings (SSSR count). The fourth-order valence-electron chi connectivity index (χ4n) is 1.70. The molecule has 0 amide bonds. The number of nitriles is 1. The molecule has 0 saturated heterocycles. The summed E-state index contributed by atoms with van der Waals surface area (Å²) in [4.78, 5) is 3.55. The summed E-state index contributed by atoms with van der Waals surface area (Å²) in [5.74, 6) is -1.00. The van der Waals surface area contributed by atoms with Gasteiger partial charge in [0.1, 0.15) is 0 Å². The highest BCUT2D eigenvalue weighted by Crippen LogP contribution is 2.32. The van der Waals surface area contributed by atoms with Crippen molar-refractivity contribution in [2.24, 2.45) is 0 Å². The van der Waals surface area contributed by atoms with E-state index in [1.165, 1.54) is 18.2 Å². The van der Waals surface area contributed by atoms with E-state index in [-0.39, 0.29) is 24.0 Å². The van der Waals surface area contributed by atoms with E-state index >= 15 is 0 Å². The van der Waals surface area contributed by atoms with Gasteiger partial charge in [0.2, 0.25) is 5.82 Å². The summed E-state index contributed by atoms with van der Waals surface area (Å²) in [6.45, 7) is -0.0673. The number of rotatable bonds is 2. The zero-order valence-corrected chi connectivity index (χ0v) is 9.76. The molecule has 0 atom stereocenters. The summed E-state index contributed by atoms with van der Waals surface area (Å²) in [5.41, 5.74) is 0.495. The molecule has 0 saturated carbocycles. The number of hydrogen-bond donors (Lipinski definition) is 0. The Morgan fingerprint density at radius 2 is 2.11 bits per heavy atom.